The summed E-state index contributed by atoms with van der Waals surface area (Å²) in [6, 6.07) is 8.72. The average molecular weight is 271 g/mol. The fourth-order valence-corrected chi connectivity index (χ4v) is 4.16. The van der Waals surface area contributed by atoms with Crippen LogP contribution in [0.15, 0.2) is 36.4 Å². The van der Waals surface area contributed by atoms with Crippen LogP contribution in [-0.2, 0) is 5.41 Å². The molecule has 0 spiro atoms. The van der Waals surface area contributed by atoms with Crippen LogP contribution in [-0.4, -0.2) is 32.1 Å². The number of rotatable bonds is 2. The van der Waals surface area contributed by atoms with Gasteiger partial charge in [-0.25, -0.2) is 0 Å². The molecule has 2 fully saturated rings. The smallest absolute Gasteiger partial charge is 0.119 e. The van der Waals surface area contributed by atoms with Crippen LogP contribution in [0.1, 0.15) is 31.2 Å². The minimum absolute atomic E-state index is 0.288. The molecule has 1 aliphatic carbocycles. The Morgan fingerprint density at radius 1 is 1.40 bits per heavy atom. The normalized spacial score (nSPS) is 30.9. The monoisotopic (exact) mass is 271 g/mol. The zero-order valence-corrected chi connectivity index (χ0v) is 12.7. The first kappa shape index (κ1) is 13.7. The molecule has 0 amide bonds. The number of nitrogens with zero attached hydrogens (tertiary/aromatic N) is 1. The molecule has 108 valence electrons. The van der Waals surface area contributed by atoms with Gasteiger partial charge in [-0.1, -0.05) is 24.3 Å². The van der Waals surface area contributed by atoms with E-state index >= 15 is 0 Å². The number of ether oxygens (including phenoxy) is 1. The third-order valence-electron chi connectivity index (χ3n) is 5.31. The van der Waals surface area contributed by atoms with Gasteiger partial charge in [-0.05, 0) is 62.9 Å². The van der Waals surface area contributed by atoms with Crippen LogP contribution in [0.5, 0.6) is 5.75 Å². The van der Waals surface area contributed by atoms with Gasteiger partial charge < -0.3 is 9.64 Å². The molecule has 1 aromatic rings. The predicted molar refractivity (Wildman–Crippen MR) is 83.3 cm³/mol. The van der Waals surface area contributed by atoms with Crippen molar-refractivity contribution >= 4 is 0 Å². The molecule has 0 radical (unpaired) electrons. The molecule has 2 nitrogen and oxygen atoms in total. The number of hydrogen-bond acceptors (Lipinski definition) is 2. The molecular formula is C18H25NO. The topological polar surface area (TPSA) is 12.5 Å². The molecule has 1 aliphatic heterocycles. The van der Waals surface area contributed by atoms with E-state index in [-0.39, 0.29) is 5.41 Å². The molecule has 1 saturated heterocycles. The van der Waals surface area contributed by atoms with E-state index in [1.807, 2.05) is 6.07 Å². The third-order valence-corrected chi connectivity index (χ3v) is 5.31. The molecule has 2 aliphatic rings. The maximum absolute atomic E-state index is 5.44. The highest BCUT2D eigenvalue weighted by atomic mass is 16.5. The van der Waals surface area contributed by atoms with Crippen molar-refractivity contribution in [3.8, 4) is 5.75 Å². The van der Waals surface area contributed by atoms with Crippen molar-refractivity contribution in [3.63, 3.8) is 0 Å². The maximum Gasteiger partial charge on any atom is 0.119 e. The van der Waals surface area contributed by atoms with Crippen molar-refractivity contribution in [3.05, 3.63) is 42.0 Å². The van der Waals surface area contributed by atoms with Crippen LogP contribution in [0.3, 0.4) is 0 Å². The Balaban J connectivity index is 2.01. The molecule has 0 aromatic heterocycles. The van der Waals surface area contributed by atoms with Gasteiger partial charge in [0.25, 0.3) is 0 Å². The standard InChI is InChI=1S/C18H25NO/c1-14-7-8-16-13-19(2)10-9-18(16,12-14)15-5-4-6-17(11-15)20-3/h4-6,11,16H,1,7-10,12-13H2,2-3H3. The largest absolute Gasteiger partial charge is 0.497 e. The van der Waals surface area contributed by atoms with Gasteiger partial charge in [0.05, 0.1) is 7.11 Å². The SMILES string of the molecule is C=C1CCC2CN(C)CCC2(c2cccc(OC)c2)C1. The van der Waals surface area contributed by atoms with Crippen molar-refractivity contribution in [2.75, 3.05) is 27.2 Å². The Morgan fingerprint density at radius 2 is 2.25 bits per heavy atom. The molecule has 2 unspecified atom stereocenters. The van der Waals surface area contributed by atoms with E-state index in [9.17, 15) is 0 Å². The summed E-state index contributed by atoms with van der Waals surface area (Å²) in [6.07, 6.45) is 4.86. The molecule has 2 atom stereocenters. The minimum atomic E-state index is 0.288. The summed E-state index contributed by atoms with van der Waals surface area (Å²) in [5, 5.41) is 0. The summed E-state index contributed by atoms with van der Waals surface area (Å²) in [6.45, 7) is 6.69. The first-order chi connectivity index (χ1) is 9.64. The zero-order chi connectivity index (χ0) is 14.2. The Labute approximate surface area is 122 Å². The number of likely N-dealkylation sites (tertiary alicyclic amines) is 1. The number of methoxy groups -OCH3 is 1. The lowest BCUT2D eigenvalue weighted by molar-refractivity contribution is 0.0877. The van der Waals surface area contributed by atoms with Gasteiger partial charge in [-0.3, -0.25) is 0 Å². The Bertz CT molecular complexity index is 510. The van der Waals surface area contributed by atoms with E-state index in [1.165, 1.54) is 43.5 Å². The van der Waals surface area contributed by atoms with Crippen LogP contribution in [0.4, 0.5) is 0 Å². The Kier molecular flexibility index (Phi) is 3.59. The van der Waals surface area contributed by atoms with Crippen molar-refractivity contribution < 1.29 is 4.74 Å². The fraction of sp³-hybridized carbons (Fsp3) is 0.556. The van der Waals surface area contributed by atoms with Crippen LogP contribution >= 0.6 is 0 Å². The van der Waals surface area contributed by atoms with Gasteiger partial charge in [-0.2, -0.15) is 0 Å². The van der Waals surface area contributed by atoms with Gasteiger partial charge in [0, 0.05) is 12.0 Å². The van der Waals surface area contributed by atoms with Crippen LogP contribution in [0.25, 0.3) is 0 Å². The van der Waals surface area contributed by atoms with E-state index in [0.717, 1.165) is 18.1 Å². The summed E-state index contributed by atoms with van der Waals surface area (Å²) >= 11 is 0. The lowest BCUT2D eigenvalue weighted by atomic mass is 9.58. The van der Waals surface area contributed by atoms with E-state index in [2.05, 4.69) is 36.7 Å². The predicted octanol–water partition coefficient (Wildman–Crippen LogP) is 3.62. The molecule has 1 aromatic carbocycles. The molecule has 2 heteroatoms. The molecule has 1 saturated carbocycles. The van der Waals surface area contributed by atoms with Gasteiger partial charge in [0.1, 0.15) is 5.75 Å². The van der Waals surface area contributed by atoms with Gasteiger partial charge in [0.2, 0.25) is 0 Å². The minimum Gasteiger partial charge on any atom is -0.497 e. The van der Waals surface area contributed by atoms with Crippen molar-refractivity contribution in [1.82, 2.24) is 4.90 Å². The average Bonchev–Trinajstić information content (AvgIpc) is 2.47. The van der Waals surface area contributed by atoms with Gasteiger partial charge in [-0.15, -0.1) is 0 Å². The van der Waals surface area contributed by atoms with Crippen molar-refractivity contribution in [1.29, 1.82) is 0 Å². The second kappa shape index (κ2) is 5.25. The highest BCUT2D eigenvalue weighted by Gasteiger charge is 2.45. The van der Waals surface area contributed by atoms with Crippen LogP contribution in [0.2, 0.25) is 0 Å². The van der Waals surface area contributed by atoms with Crippen LogP contribution < -0.4 is 4.74 Å². The highest BCUT2D eigenvalue weighted by Crippen LogP contribution is 2.50. The number of piperidine rings is 1. The van der Waals surface area contributed by atoms with Gasteiger partial charge in [0.15, 0.2) is 0 Å². The lowest BCUT2D eigenvalue weighted by Crippen LogP contribution is -2.50. The molecule has 1 heterocycles. The molecule has 0 bridgehead atoms. The van der Waals surface area contributed by atoms with E-state index < -0.39 is 0 Å². The second-order valence-corrected chi connectivity index (χ2v) is 6.56. The summed E-state index contributed by atoms with van der Waals surface area (Å²) in [4.78, 5) is 2.48. The molecule has 20 heavy (non-hydrogen) atoms. The zero-order valence-electron chi connectivity index (χ0n) is 12.7. The number of fused-ring (bicyclic) bond motifs is 1. The summed E-state index contributed by atoms with van der Waals surface area (Å²) in [5.74, 6) is 1.73. The molecule has 0 N–H and O–H groups in total. The number of hydrogen-bond donors (Lipinski definition) is 0. The van der Waals surface area contributed by atoms with Crippen molar-refractivity contribution in [2.45, 2.75) is 31.1 Å². The summed E-state index contributed by atoms with van der Waals surface area (Å²) in [7, 11) is 4.00. The Hall–Kier alpha value is -1.28. The van der Waals surface area contributed by atoms with E-state index in [1.54, 1.807) is 7.11 Å². The summed E-state index contributed by atoms with van der Waals surface area (Å²) in [5.41, 5.74) is 3.17. The molecule has 3 rings (SSSR count). The maximum atomic E-state index is 5.44. The first-order valence-electron chi connectivity index (χ1n) is 7.64. The van der Waals surface area contributed by atoms with Crippen LogP contribution in [0, 0.1) is 5.92 Å². The fourth-order valence-electron chi connectivity index (χ4n) is 4.16. The van der Waals surface area contributed by atoms with E-state index in [0.29, 0.717) is 0 Å². The number of allylic oxidation sites excluding steroid dienone is 1. The quantitative estimate of drug-likeness (QED) is 0.762. The first-order valence-corrected chi connectivity index (χ1v) is 7.64. The Morgan fingerprint density at radius 3 is 3.05 bits per heavy atom. The highest BCUT2D eigenvalue weighted by molar-refractivity contribution is 5.37. The molecular weight excluding hydrogens is 246 g/mol. The number of benzene rings is 1. The summed E-state index contributed by atoms with van der Waals surface area (Å²) < 4.78 is 5.44. The second-order valence-electron chi connectivity index (χ2n) is 6.56. The third kappa shape index (κ3) is 2.26. The van der Waals surface area contributed by atoms with Gasteiger partial charge >= 0.3 is 0 Å². The van der Waals surface area contributed by atoms with E-state index in [4.69, 9.17) is 4.74 Å². The van der Waals surface area contributed by atoms with Crippen molar-refractivity contribution in [2.24, 2.45) is 5.92 Å². The lowest BCUT2D eigenvalue weighted by Gasteiger charge is -2.51.